The first kappa shape index (κ1) is 13.5. The van der Waals surface area contributed by atoms with Crippen LogP contribution in [0.1, 0.15) is 37.4 Å². The summed E-state index contributed by atoms with van der Waals surface area (Å²) in [5.74, 6) is -0.988. The number of pyridine rings is 1. The topological polar surface area (TPSA) is 50.2 Å². The minimum Gasteiger partial charge on any atom is -0.481 e. The van der Waals surface area contributed by atoms with E-state index in [4.69, 9.17) is 0 Å². The third-order valence-electron chi connectivity index (χ3n) is 3.29. The predicted octanol–water partition coefficient (Wildman–Crippen LogP) is 3.76. The fraction of sp³-hybridized carbons (Fsp3) is 0.375. The Balaban J connectivity index is 2.52. The van der Waals surface area contributed by atoms with Crippen molar-refractivity contribution in [3.63, 3.8) is 0 Å². The van der Waals surface area contributed by atoms with Gasteiger partial charge in [0.05, 0.1) is 17.1 Å². The molecule has 0 aliphatic carbocycles. The summed E-state index contributed by atoms with van der Waals surface area (Å²) >= 11 is 0. The lowest BCUT2D eigenvalue weighted by Crippen LogP contribution is -2.16. The van der Waals surface area contributed by atoms with Crippen molar-refractivity contribution in [1.82, 2.24) is 4.98 Å². The molecular weight excluding hydrogens is 238 g/mol. The second-order valence-electron chi connectivity index (χ2n) is 5.40. The molecule has 1 aromatic carbocycles. The van der Waals surface area contributed by atoms with Crippen LogP contribution in [0.15, 0.2) is 30.3 Å². The van der Waals surface area contributed by atoms with Gasteiger partial charge in [-0.25, -0.2) is 0 Å². The van der Waals surface area contributed by atoms with Gasteiger partial charge in [0.2, 0.25) is 0 Å². The molecule has 19 heavy (non-hydrogen) atoms. The standard InChI is InChI=1S/C16H19NO2/c1-10(2)8-13(16(18)19)15-11(3)9-12-6-4-5-7-14(12)17-15/h4-7,9-10,13H,8H2,1-3H3,(H,18,19). The molecule has 0 aliphatic rings. The maximum atomic E-state index is 11.5. The molecule has 2 rings (SSSR count). The molecule has 0 radical (unpaired) electrons. The Hall–Kier alpha value is -1.90. The molecule has 2 aromatic rings. The fourth-order valence-electron chi connectivity index (χ4n) is 2.39. The van der Waals surface area contributed by atoms with Crippen molar-refractivity contribution in [1.29, 1.82) is 0 Å². The number of carbonyl (C=O) groups is 1. The molecule has 0 aliphatic heterocycles. The van der Waals surface area contributed by atoms with Gasteiger partial charge in [0.15, 0.2) is 0 Å². The van der Waals surface area contributed by atoms with Gasteiger partial charge in [-0.05, 0) is 37.0 Å². The number of aliphatic carboxylic acids is 1. The number of para-hydroxylation sites is 1. The van der Waals surface area contributed by atoms with Crippen LogP contribution in [-0.2, 0) is 4.79 Å². The van der Waals surface area contributed by atoms with Gasteiger partial charge >= 0.3 is 5.97 Å². The van der Waals surface area contributed by atoms with E-state index < -0.39 is 11.9 Å². The molecule has 3 heteroatoms. The molecule has 0 saturated carbocycles. The molecule has 1 atom stereocenters. The Morgan fingerprint density at radius 1 is 1.32 bits per heavy atom. The van der Waals surface area contributed by atoms with Crippen molar-refractivity contribution in [3.05, 3.63) is 41.6 Å². The SMILES string of the molecule is Cc1cc2ccccc2nc1C(CC(C)C)C(=O)O. The number of carboxylic acid groups (broad SMARTS) is 1. The molecule has 1 aromatic heterocycles. The van der Waals surface area contributed by atoms with Gasteiger partial charge in [0.25, 0.3) is 0 Å². The van der Waals surface area contributed by atoms with Gasteiger partial charge in [0.1, 0.15) is 0 Å². The Morgan fingerprint density at radius 3 is 2.63 bits per heavy atom. The smallest absolute Gasteiger partial charge is 0.312 e. The zero-order valence-electron chi connectivity index (χ0n) is 11.6. The average molecular weight is 257 g/mol. The van der Waals surface area contributed by atoms with E-state index in [1.807, 2.05) is 51.1 Å². The maximum absolute atomic E-state index is 11.5. The Bertz CT molecular complexity index is 605. The number of benzene rings is 1. The lowest BCUT2D eigenvalue weighted by molar-refractivity contribution is -0.139. The number of nitrogens with zero attached hydrogens (tertiary/aromatic N) is 1. The monoisotopic (exact) mass is 257 g/mol. The number of aromatic nitrogens is 1. The van der Waals surface area contributed by atoms with E-state index >= 15 is 0 Å². The Kier molecular flexibility index (Phi) is 3.84. The summed E-state index contributed by atoms with van der Waals surface area (Å²) in [4.78, 5) is 16.1. The predicted molar refractivity (Wildman–Crippen MR) is 76.3 cm³/mol. The number of hydrogen-bond acceptors (Lipinski definition) is 2. The molecule has 0 fully saturated rings. The first-order valence-corrected chi connectivity index (χ1v) is 6.58. The number of rotatable bonds is 4. The van der Waals surface area contributed by atoms with Crippen LogP contribution in [0.25, 0.3) is 10.9 Å². The quantitative estimate of drug-likeness (QED) is 0.907. The van der Waals surface area contributed by atoms with Crippen LogP contribution in [0.2, 0.25) is 0 Å². The van der Waals surface area contributed by atoms with E-state index in [9.17, 15) is 9.90 Å². The summed E-state index contributed by atoms with van der Waals surface area (Å²) in [5, 5.41) is 10.5. The van der Waals surface area contributed by atoms with Gasteiger partial charge in [-0.2, -0.15) is 0 Å². The van der Waals surface area contributed by atoms with E-state index in [2.05, 4.69) is 4.98 Å². The Labute approximate surface area is 113 Å². The zero-order chi connectivity index (χ0) is 14.0. The van der Waals surface area contributed by atoms with Crippen LogP contribution in [0.3, 0.4) is 0 Å². The van der Waals surface area contributed by atoms with Crippen molar-refractivity contribution < 1.29 is 9.90 Å². The summed E-state index contributed by atoms with van der Waals surface area (Å²) in [7, 11) is 0. The first-order chi connectivity index (χ1) is 8.99. The van der Waals surface area contributed by atoms with E-state index in [0.29, 0.717) is 18.0 Å². The molecule has 0 bridgehead atoms. The molecule has 0 amide bonds. The van der Waals surface area contributed by atoms with E-state index in [0.717, 1.165) is 16.5 Å². The lowest BCUT2D eigenvalue weighted by Gasteiger charge is -2.17. The molecule has 3 nitrogen and oxygen atoms in total. The van der Waals surface area contributed by atoms with Crippen molar-refractivity contribution in [2.45, 2.75) is 33.1 Å². The average Bonchev–Trinajstić information content (AvgIpc) is 2.35. The largest absolute Gasteiger partial charge is 0.481 e. The fourth-order valence-corrected chi connectivity index (χ4v) is 2.39. The minimum atomic E-state index is -0.792. The number of fused-ring (bicyclic) bond motifs is 1. The van der Waals surface area contributed by atoms with Crippen LogP contribution in [-0.4, -0.2) is 16.1 Å². The zero-order valence-corrected chi connectivity index (χ0v) is 11.6. The van der Waals surface area contributed by atoms with Crippen molar-refractivity contribution >= 4 is 16.9 Å². The van der Waals surface area contributed by atoms with Crippen LogP contribution in [0, 0.1) is 12.8 Å². The molecule has 1 heterocycles. The van der Waals surface area contributed by atoms with E-state index in [1.54, 1.807) is 0 Å². The molecular formula is C16H19NO2. The van der Waals surface area contributed by atoms with Crippen molar-refractivity contribution in [2.24, 2.45) is 5.92 Å². The van der Waals surface area contributed by atoms with Crippen LogP contribution < -0.4 is 0 Å². The molecule has 1 unspecified atom stereocenters. The van der Waals surface area contributed by atoms with Gasteiger partial charge in [0, 0.05) is 5.39 Å². The van der Waals surface area contributed by atoms with Gasteiger partial charge in [-0.1, -0.05) is 32.0 Å². The second kappa shape index (κ2) is 5.39. The highest BCUT2D eigenvalue weighted by Gasteiger charge is 2.24. The third-order valence-corrected chi connectivity index (χ3v) is 3.29. The highest BCUT2D eigenvalue weighted by molar-refractivity contribution is 5.82. The first-order valence-electron chi connectivity index (χ1n) is 6.58. The molecule has 100 valence electrons. The highest BCUT2D eigenvalue weighted by Crippen LogP contribution is 2.27. The van der Waals surface area contributed by atoms with Gasteiger partial charge in [-0.3, -0.25) is 9.78 Å². The van der Waals surface area contributed by atoms with Gasteiger partial charge in [-0.15, -0.1) is 0 Å². The number of aryl methyl sites for hydroxylation is 1. The third kappa shape index (κ3) is 2.92. The molecule has 0 saturated heterocycles. The van der Waals surface area contributed by atoms with Crippen LogP contribution in [0.4, 0.5) is 0 Å². The van der Waals surface area contributed by atoms with E-state index in [1.165, 1.54) is 0 Å². The summed E-state index contributed by atoms with van der Waals surface area (Å²) in [5.41, 5.74) is 2.50. The molecule has 0 spiro atoms. The molecule has 1 N–H and O–H groups in total. The number of hydrogen-bond donors (Lipinski definition) is 1. The summed E-state index contributed by atoms with van der Waals surface area (Å²) in [6.45, 7) is 6.00. The highest BCUT2D eigenvalue weighted by atomic mass is 16.4. The summed E-state index contributed by atoms with van der Waals surface area (Å²) < 4.78 is 0. The maximum Gasteiger partial charge on any atom is 0.312 e. The van der Waals surface area contributed by atoms with Crippen molar-refractivity contribution in [2.75, 3.05) is 0 Å². The Morgan fingerprint density at radius 2 is 2.00 bits per heavy atom. The summed E-state index contributed by atoms with van der Waals surface area (Å²) in [6, 6.07) is 9.83. The van der Waals surface area contributed by atoms with Crippen LogP contribution in [0.5, 0.6) is 0 Å². The normalized spacial score (nSPS) is 12.8. The lowest BCUT2D eigenvalue weighted by atomic mass is 9.91. The van der Waals surface area contributed by atoms with Crippen molar-refractivity contribution in [3.8, 4) is 0 Å². The van der Waals surface area contributed by atoms with E-state index in [-0.39, 0.29) is 0 Å². The second-order valence-corrected chi connectivity index (χ2v) is 5.40. The number of carboxylic acids is 1. The summed E-state index contributed by atoms with van der Waals surface area (Å²) in [6.07, 6.45) is 0.613. The van der Waals surface area contributed by atoms with Crippen LogP contribution >= 0.6 is 0 Å². The van der Waals surface area contributed by atoms with Gasteiger partial charge < -0.3 is 5.11 Å². The minimum absolute atomic E-state index is 0.328.